The van der Waals surface area contributed by atoms with Crippen LogP contribution in [0.3, 0.4) is 0 Å². The van der Waals surface area contributed by atoms with E-state index in [9.17, 15) is 4.79 Å². The van der Waals surface area contributed by atoms with E-state index >= 15 is 0 Å². The topological polar surface area (TPSA) is 80.5 Å². The van der Waals surface area contributed by atoms with Crippen molar-refractivity contribution < 1.29 is 9.53 Å². The number of pyridine rings is 1. The molecular formula is C16H20Cl2N4O2. The van der Waals surface area contributed by atoms with Gasteiger partial charge in [0.15, 0.2) is 0 Å². The quantitative estimate of drug-likeness (QED) is 0.811. The molecule has 2 heterocycles. The maximum atomic E-state index is 12.2. The summed E-state index contributed by atoms with van der Waals surface area (Å²) in [5.41, 5.74) is 7.72. The highest BCUT2D eigenvalue weighted by Crippen LogP contribution is 2.18. The van der Waals surface area contributed by atoms with Gasteiger partial charge in [-0.1, -0.05) is 12.1 Å². The smallest absolute Gasteiger partial charge is 0.258 e. The number of carbonyl (C=O) groups is 1. The molecule has 1 saturated heterocycles. The zero-order valence-electron chi connectivity index (χ0n) is 13.0. The summed E-state index contributed by atoms with van der Waals surface area (Å²) in [6.45, 7) is 3.17. The second-order valence-corrected chi connectivity index (χ2v) is 5.04. The second-order valence-electron chi connectivity index (χ2n) is 5.04. The van der Waals surface area contributed by atoms with Gasteiger partial charge in [-0.15, -0.1) is 24.8 Å². The maximum Gasteiger partial charge on any atom is 0.258 e. The fourth-order valence-corrected chi connectivity index (χ4v) is 2.36. The number of anilines is 3. The third-order valence-corrected chi connectivity index (χ3v) is 3.57. The Kier molecular flexibility index (Phi) is 7.78. The lowest BCUT2D eigenvalue weighted by Gasteiger charge is -2.28. The van der Waals surface area contributed by atoms with Gasteiger partial charge < -0.3 is 20.7 Å². The van der Waals surface area contributed by atoms with E-state index in [1.54, 1.807) is 36.5 Å². The van der Waals surface area contributed by atoms with Crippen molar-refractivity contribution in [2.75, 3.05) is 42.3 Å². The summed E-state index contributed by atoms with van der Waals surface area (Å²) in [5.74, 6) is 0.245. The molecule has 0 bridgehead atoms. The molecule has 0 unspecified atom stereocenters. The lowest BCUT2D eigenvalue weighted by Crippen LogP contribution is -2.36. The van der Waals surface area contributed by atoms with Crippen LogP contribution < -0.4 is 16.0 Å². The summed E-state index contributed by atoms with van der Waals surface area (Å²) in [4.78, 5) is 18.7. The number of hydrogen-bond donors (Lipinski definition) is 2. The van der Waals surface area contributed by atoms with Crippen LogP contribution in [0.5, 0.6) is 0 Å². The van der Waals surface area contributed by atoms with Gasteiger partial charge in [-0.05, 0) is 24.3 Å². The van der Waals surface area contributed by atoms with E-state index < -0.39 is 0 Å². The summed E-state index contributed by atoms with van der Waals surface area (Å²) in [5, 5.41) is 2.76. The Hall–Kier alpha value is -2.02. The molecule has 24 heavy (non-hydrogen) atoms. The fourth-order valence-electron chi connectivity index (χ4n) is 2.36. The lowest BCUT2D eigenvalue weighted by molar-refractivity contribution is 0.102. The number of para-hydroxylation sites is 1. The first-order chi connectivity index (χ1) is 10.7. The summed E-state index contributed by atoms with van der Waals surface area (Å²) in [6.07, 6.45) is 1.76. The number of nitrogens with zero attached hydrogens (tertiary/aromatic N) is 2. The van der Waals surface area contributed by atoms with Gasteiger partial charge in [0, 0.05) is 18.8 Å². The summed E-state index contributed by atoms with van der Waals surface area (Å²) in [7, 11) is 0. The zero-order valence-corrected chi connectivity index (χ0v) is 14.6. The van der Waals surface area contributed by atoms with Gasteiger partial charge in [0.2, 0.25) is 0 Å². The van der Waals surface area contributed by atoms with Crippen LogP contribution in [0, 0.1) is 0 Å². The molecule has 0 atom stereocenters. The zero-order chi connectivity index (χ0) is 15.4. The van der Waals surface area contributed by atoms with E-state index in [2.05, 4.69) is 15.2 Å². The molecule has 1 aromatic heterocycles. The first-order valence-electron chi connectivity index (χ1n) is 7.18. The number of benzene rings is 1. The Morgan fingerprint density at radius 1 is 1.12 bits per heavy atom. The summed E-state index contributed by atoms with van der Waals surface area (Å²) < 4.78 is 5.33. The van der Waals surface area contributed by atoms with Gasteiger partial charge in [0.1, 0.15) is 5.82 Å². The Balaban J connectivity index is 0.00000144. The molecule has 0 spiro atoms. The van der Waals surface area contributed by atoms with E-state index in [0.29, 0.717) is 17.1 Å². The van der Waals surface area contributed by atoms with Gasteiger partial charge in [-0.2, -0.15) is 0 Å². The average molecular weight is 371 g/mol. The SMILES string of the molecule is Cl.Cl.Nc1ccccc1C(=O)Nc1ccc(N2CCOCC2)cn1. The van der Waals surface area contributed by atoms with E-state index in [1.807, 2.05) is 6.07 Å². The highest BCUT2D eigenvalue weighted by molar-refractivity contribution is 6.07. The van der Waals surface area contributed by atoms with Crippen LogP contribution in [0.4, 0.5) is 17.2 Å². The maximum absolute atomic E-state index is 12.2. The molecule has 3 rings (SSSR count). The van der Waals surface area contributed by atoms with Crippen molar-refractivity contribution >= 4 is 47.9 Å². The van der Waals surface area contributed by atoms with Crippen LogP contribution in [0.25, 0.3) is 0 Å². The Morgan fingerprint density at radius 3 is 2.46 bits per heavy atom. The molecular weight excluding hydrogens is 351 g/mol. The van der Waals surface area contributed by atoms with Crippen LogP contribution >= 0.6 is 24.8 Å². The van der Waals surface area contributed by atoms with Crippen molar-refractivity contribution in [2.24, 2.45) is 0 Å². The second kappa shape index (κ2) is 9.32. The minimum Gasteiger partial charge on any atom is -0.398 e. The standard InChI is InChI=1S/C16H18N4O2.2ClH/c17-14-4-2-1-3-13(14)16(21)19-15-6-5-12(11-18-15)20-7-9-22-10-8-20;;/h1-6,11H,7-10,17H2,(H,18,19,21);2*1H. The van der Waals surface area contributed by atoms with Crippen molar-refractivity contribution in [1.82, 2.24) is 4.98 Å². The number of hydrogen-bond acceptors (Lipinski definition) is 5. The summed E-state index contributed by atoms with van der Waals surface area (Å²) in [6, 6.07) is 10.7. The van der Waals surface area contributed by atoms with Crippen LogP contribution in [-0.4, -0.2) is 37.2 Å². The van der Waals surface area contributed by atoms with E-state index in [0.717, 1.165) is 32.0 Å². The molecule has 0 aliphatic carbocycles. The molecule has 1 aromatic carbocycles. The number of rotatable bonds is 3. The van der Waals surface area contributed by atoms with Gasteiger partial charge in [-0.3, -0.25) is 4.79 Å². The first kappa shape index (κ1) is 20.0. The molecule has 2 aromatic rings. The Labute approximate surface area is 153 Å². The highest BCUT2D eigenvalue weighted by atomic mass is 35.5. The van der Waals surface area contributed by atoms with E-state index in [1.165, 1.54) is 0 Å². The predicted octanol–water partition coefficient (Wildman–Crippen LogP) is 2.60. The Bertz CT molecular complexity index is 661. The number of nitrogens with one attached hydrogen (secondary N) is 1. The third kappa shape index (κ3) is 4.74. The normalized spacial score (nSPS) is 13.4. The number of aromatic nitrogens is 1. The predicted molar refractivity (Wildman–Crippen MR) is 101 cm³/mol. The van der Waals surface area contributed by atoms with Crippen LogP contribution in [0.1, 0.15) is 10.4 Å². The van der Waals surface area contributed by atoms with Gasteiger partial charge in [0.05, 0.1) is 30.7 Å². The minimum absolute atomic E-state index is 0. The molecule has 130 valence electrons. The molecule has 3 N–H and O–H groups in total. The van der Waals surface area contributed by atoms with Gasteiger partial charge in [-0.25, -0.2) is 4.98 Å². The molecule has 6 nitrogen and oxygen atoms in total. The first-order valence-corrected chi connectivity index (χ1v) is 7.18. The molecule has 0 saturated carbocycles. The number of morpholine rings is 1. The fraction of sp³-hybridized carbons (Fsp3) is 0.250. The van der Waals surface area contributed by atoms with Crippen molar-refractivity contribution in [3.63, 3.8) is 0 Å². The average Bonchev–Trinajstić information content (AvgIpc) is 2.57. The number of halogens is 2. The molecule has 0 radical (unpaired) electrons. The number of nitrogens with two attached hydrogens (primary N) is 1. The molecule has 8 heteroatoms. The van der Waals surface area contributed by atoms with Crippen LogP contribution in [-0.2, 0) is 4.74 Å². The lowest BCUT2D eigenvalue weighted by atomic mass is 10.1. The molecule has 1 aliphatic rings. The number of carbonyl (C=O) groups excluding carboxylic acids is 1. The molecule has 1 amide bonds. The van der Waals surface area contributed by atoms with Crippen molar-refractivity contribution in [2.45, 2.75) is 0 Å². The van der Waals surface area contributed by atoms with Gasteiger partial charge >= 0.3 is 0 Å². The number of amides is 1. The van der Waals surface area contributed by atoms with Crippen molar-refractivity contribution in [3.8, 4) is 0 Å². The van der Waals surface area contributed by atoms with E-state index in [-0.39, 0.29) is 30.7 Å². The summed E-state index contributed by atoms with van der Waals surface area (Å²) >= 11 is 0. The van der Waals surface area contributed by atoms with Crippen LogP contribution in [0.15, 0.2) is 42.6 Å². The monoisotopic (exact) mass is 370 g/mol. The van der Waals surface area contributed by atoms with Gasteiger partial charge in [0.25, 0.3) is 5.91 Å². The molecule has 1 fully saturated rings. The van der Waals surface area contributed by atoms with Crippen molar-refractivity contribution in [3.05, 3.63) is 48.2 Å². The highest BCUT2D eigenvalue weighted by Gasteiger charge is 2.13. The Morgan fingerprint density at radius 2 is 1.83 bits per heavy atom. The molecule has 1 aliphatic heterocycles. The van der Waals surface area contributed by atoms with E-state index in [4.69, 9.17) is 10.5 Å². The van der Waals surface area contributed by atoms with Crippen molar-refractivity contribution in [1.29, 1.82) is 0 Å². The van der Waals surface area contributed by atoms with Crippen LogP contribution in [0.2, 0.25) is 0 Å². The minimum atomic E-state index is -0.260. The largest absolute Gasteiger partial charge is 0.398 e. The third-order valence-electron chi connectivity index (χ3n) is 3.57. The number of nitrogen functional groups attached to an aromatic ring is 1. The number of ether oxygens (including phenoxy) is 1.